The van der Waals surface area contributed by atoms with Crippen molar-refractivity contribution in [1.82, 2.24) is 0 Å². The van der Waals surface area contributed by atoms with Crippen molar-refractivity contribution in [3.8, 4) is 6.07 Å². The van der Waals surface area contributed by atoms with Crippen molar-refractivity contribution in [1.29, 1.82) is 5.26 Å². The molecule has 0 aliphatic heterocycles. The van der Waals surface area contributed by atoms with Crippen molar-refractivity contribution in [3.63, 3.8) is 0 Å². The molecule has 0 radical (unpaired) electrons. The molecule has 0 bridgehead atoms. The van der Waals surface area contributed by atoms with Gasteiger partial charge in [-0.2, -0.15) is 5.26 Å². The van der Waals surface area contributed by atoms with E-state index in [2.05, 4.69) is 27.3 Å². The van der Waals surface area contributed by atoms with Crippen LogP contribution in [0.25, 0.3) is 0 Å². The zero-order chi connectivity index (χ0) is 12.3. The molecule has 0 saturated heterocycles. The van der Waals surface area contributed by atoms with Gasteiger partial charge in [-0.3, -0.25) is 0 Å². The molecule has 1 heterocycles. The maximum Gasteiger partial charge on any atom is 0.150 e. The highest BCUT2D eigenvalue weighted by atomic mass is 79.9. The van der Waals surface area contributed by atoms with Crippen LogP contribution in [0.5, 0.6) is 0 Å². The van der Waals surface area contributed by atoms with Gasteiger partial charge in [0, 0.05) is 4.47 Å². The third-order valence-corrected chi connectivity index (χ3v) is 4.15. The van der Waals surface area contributed by atoms with Crippen molar-refractivity contribution >= 4 is 33.0 Å². The summed E-state index contributed by atoms with van der Waals surface area (Å²) in [5.74, 6) is -0.361. The molecule has 0 fully saturated rings. The van der Waals surface area contributed by atoms with Crippen LogP contribution in [0.4, 0.5) is 10.1 Å². The Morgan fingerprint density at radius 1 is 1.35 bits per heavy atom. The highest BCUT2D eigenvalue weighted by Gasteiger charge is 2.16. The number of halogens is 2. The normalized spacial score (nSPS) is 11.8. The Labute approximate surface area is 111 Å². The third kappa shape index (κ3) is 2.65. The molecule has 0 aliphatic carbocycles. The van der Waals surface area contributed by atoms with Gasteiger partial charge < -0.3 is 5.32 Å². The zero-order valence-corrected chi connectivity index (χ0v) is 11.1. The van der Waals surface area contributed by atoms with Crippen LogP contribution >= 0.6 is 27.3 Å². The number of thiophene rings is 1. The van der Waals surface area contributed by atoms with Crippen LogP contribution in [0.3, 0.4) is 0 Å². The van der Waals surface area contributed by atoms with E-state index < -0.39 is 6.04 Å². The summed E-state index contributed by atoms with van der Waals surface area (Å²) in [6, 6.07) is 9.75. The number of anilines is 1. The molecule has 86 valence electrons. The molecule has 1 aromatic heterocycles. The van der Waals surface area contributed by atoms with Crippen LogP contribution in [0, 0.1) is 17.1 Å². The van der Waals surface area contributed by atoms with E-state index in [1.807, 2.05) is 11.4 Å². The molecule has 0 saturated carbocycles. The summed E-state index contributed by atoms with van der Waals surface area (Å²) in [5, 5.41) is 13.9. The molecule has 1 atom stereocenters. The first-order chi connectivity index (χ1) is 8.22. The first-order valence-corrected chi connectivity index (χ1v) is 6.53. The minimum atomic E-state index is -0.554. The Hall–Kier alpha value is -1.38. The van der Waals surface area contributed by atoms with Gasteiger partial charge in [0.15, 0.2) is 6.04 Å². The van der Waals surface area contributed by atoms with Gasteiger partial charge >= 0.3 is 0 Å². The topological polar surface area (TPSA) is 35.8 Å². The second-order valence-corrected chi connectivity index (χ2v) is 5.12. The molecule has 17 heavy (non-hydrogen) atoms. The molecule has 2 rings (SSSR count). The molecule has 1 N–H and O–H groups in total. The molecular weight excluding hydrogens is 303 g/mol. The number of hydrogen-bond donors (Lipinski definition) is 1. The van der Waals surface area contributed by atoms with E-state index in [0.717, 1.165) is 9.35 Å². The summed E-state index contributed by atoms with van der Waals surface area (Å²) in [4.78, 5) is 0.843. The number of hydrogen-bond acceptors (Lipinski definition) is 3. The number of nitrogens with one attached hydrogen (secondary N) is 1. The largest absolute Gasteiger partial charge is 0.363 e. The summed E-state index contributed by atoms with van der Waals surface area (Å²) in [6.45, 7) is 0. The van der Waals surface area contributed by atoms with E-state index in [1.54, 1.807) is 18.2 Å². The average molecular weight is 311 g/mol. The summed E-state index contributed by atoms with van der Waals surface area (Å²) in [7, 11) is 0. The smallest absolute Gasteiger partial charge is 0.150 e. The van der Waals surface area contributed by atoms with Gasteiger partial charge in [-0.25, -0.2) is 4.39 Å². The lowest BCUT2D eigenvalue weighted by Gasteiger charge is -2.12. The second kappa shape index (κ2) is 5.30. The Kier molecular flexibility index (Phi) is 3.77. The Balaban J connectivity index is 2.26. The van der Waals surface area contributed by atoms with Crippen LogP contribution in [0.1, 0.15) is 10.9 Å². The van der Waals surface area contributed by atoms with Gasteiger partial charge in [0.2, 0.25) is 0 Å². The van der Waals surface area contributed by atoms with Crippen LogP contribution in [0.2, 0.25) is 0 Å². The predicted octanol–water partition coefficient (Wildman–Crippen LogP) is 4.33. The fourth-order valence-electron chi connectivity index (χ4n) is 1.40. The minimum Gasteiger partial charge on any atom is -0.363 e. The van der Waals surface area contributed by atoms with Crippen LogP contribution in [-0.2, 0) is 0 Å². The molecular formula is C12H8BrFN2S. The van der Waals surface area contributed by atoms with Crippen molar-refractivity contribution < 1.29 is 4.39 Å². The Bertz CT molecular complexity index is 562. The Morgan fingerprint density at radius 2 is 2.12 bits per heavy atom. The van der Waals surface area contributed by atoms with Gasteiger partial charge in [0.25, 0.3) is 0 Å². The molecule has 0 spiro atoms. The first-order valence-electron chi connectivity index (χ1n) is 4.86. The van der Waals surface area contributed by atoms with Crippen LogP contribution in [-0.4, -0.2) is 0 Å². The standard InChI is InChI=1S/C12H8BrFN2S/c13-8-5-6-17-12(8)11(7-15)16-10-4-2-1-3-9(10)14/h1-6,11,16H. The SMILES string of the molecule is N#CC(Nc1ccccc1F)c1sccc1Br. The van der Waals surface area contributed by atoms with Gasteiger partial charge in [0.05, 0.1) is 16.6 Å². The van der Waals surface area contributed by atoms with Crippen molar-refractivity contribution in [2.75, 3.05) is 5.32 Å². The second-order valence-electron chi connectivity index (χ2n) is 3.32. The third-order valence-electron chi connectivity index (χ3n) is 2.21. The van der Waals surface area contributed by atoms with Gasteiger partial charge in [0.1, 0.15) is 5.82 Å². The van der Waals surface area contributed by atoms with Crippen LogP contribution in [0.15, 0.2) is 40.2 Å². The van der Waals surface area contributed by atoms with Crippen molar-refractivity contribution in [3.05, 3.63) is 50.9 Å². The maximum atomic E-state index is 13.4. The first kappa shape index (κ1) is 12.1. The lowest BCUT2D eigenvalue weighted by atomic mass is 10.2. The summed E-state index contributed by atoms with van der Waals surface area (Å²) >= 11 is 4.82. The number of nitriles is 1. The zero-order valence-electron chi connectivity index (χ0n) is 8.65. The molecule has 0 aliphatic rings. The van der Waals surface area contributed by atoms with Crippen molar-refractivity contribution in [2.24, 2.45) is 0 Å². The molecule has 2 nitrogen and oxygen atoms in total. The maximum absolute atomic E-state index is 13.4. The highest BCUT2D eigenvalue weighted by molar-refractivity contribution is 9.10. The van der Waals surface area contributed by atoms with E-state index in [0.29, 0.717) is 5.69 Å². The lowest BCUT2D eigenvalue weighted by molar-refractivity contribution is 0.629. The lowest BCUT2D eigenvalue weighted by Crippen LogP contribution is -2.08. The van der Waals surface area contributed by atoms with Gasteiger partial charge in [-0.1, -0.05) is 12.1 Å². The fraction of sp³-hybridized carbons (Fsp3) is 0.0833. The number of rotatable bonds is 3. The number of benzene rings is 1. The fourth-order valence-corrected chi connectivity index (χ4v) is 3.00. The quantitative estimate of drug-likeness (QED) is 0.916. The van der Waals surface area contributed by atoms with E-state index >= 15 is 0 Å². The highest BCUT2D eigenvalue weighted by Crippen LogP contribution is 2.31. The van der Waals surface area contributed by atoms with Crippen molar-refractivity contribution in [2.45, 2.75) is 6.04 Å². The molecule has 1 unspecified atom stereocenters. The van der Waals surface area contributed by atoms with E-state index in [1.165, 1.54) is 17.4 Å². The summed E-state index contributed by atoms with van der Waals surface area (Å²) < 4.78 is 14.3. The summed E-state index contributed by atoms with van der Waals surface area (Å²) in [5.41, 5.74) is 0.333. The molecule has 1 aromatic carbocycles. The van der Waals surface area contributed by atoms with Gasteiger partial charge in [-0.15, -0.1) is 11.3 Å². The molecule has 5 heteroatoms. The van der Waals surface area contributed by atoms with E-state index in [9.17, 15) is 4.39 Å². The van der Waals surface area contributed by atoms with E-state index in [4.69, 9.17) is 5.26 Å². The number of nitrogens with zero attached hydrogens (tertiary/aromatic N) is 1. The number of para-hydroxylation sites is 1. The minimum absolute atomic E-state index is 0.333. The monoisotopic (exact) mass is 310 g/mol. The molecule has 0 amide bonds. The summed E-state index contributed by atoms with van der Waals surface area (Å²) in [6.07, 6.45) is 0. The Morgan fingerprint density at radius 3 is 2.71 bits per heavy atom. The molecule has 2 aromatic rings. The average Bonchev–Trinajstić information content (AvgIpc) is 2.75. The van der Waals surface area contributed by atoms with Crippen LogP contribution < -0.4 is 5.32 Å². The van der Waals surface area contributed by atoms with E-state index in [-0.39, 0.29) is 5.82 Å². The predicted molar refractivity (Wildman–Crippen MR) is 70.4 cm³/mol. The van der Waals surface area contributed by atoms with Gasteiger partial charge in [-0.05, 0) is 39.5 Å².